The van der Waals surface area contributed by atoms with E-state index in [1.807, 2.05) is 35.6 Å². The zero-order chi connectivity index (χ0) is 25.1. The molecule has 1 aliphatic heterocycles. The van der Waals surface area contributed by atoms with E-state index in [-0.39, 0.29) is 30.9 Å². The minimum Gasteiger partial charge on any atom is -0.480 e. The summed E-state index contributed by atoms with van der Waals surface area (Å²) in [5, 5.41) is 11.1. The second-order valence-corrected chi connectivity index (χ2v) is 11.5. The fourth-order valence-electron chi connectivity index (χ4n) is 5.23. The number of aromatic nitrogens is 1. The number of amides is 1. The number of likely N-dealkylation sites (N-methyl/N-ethyl adjacent to an activating group) is 1. The highest BCUT2D eigenvalue weighted by Gasteiger charge is 2.39. The number of benzene rings is 1. The third kappa shape index (κ3) is 6.98. The number of nitrogens with zero attached hydrogens (tertiary/aromatic N) is 3. The number of morpholine rings is 1. The number of halogens is 2. The third-order valence-electron chi connectivity index (χ3n) is 7.30. The Bertz CT molecular complexity index is 1020. The van der Waals surface area contributed by atoms with Crippen molar-refractivity contribution in [3.05, 3.63) is 50.4 Å². The largest absolute Gasteiger partial charge is 0.480 e. The summed E-state index contributed by atoms with van der Waals surface area (Å²) in [5.41, 5.74) is 2.32. The van der Waals surface area contributed by atoms with Crippen LogP contribution in [0.5, 0.6) is 0 Å². The van der Waals surface area contributed by atoms with E-state index < -0.39 is 12.1 Å². The Morgan fingerprint density at radius 2 is 1.86 bits per heavy atom. The van der Waals surface area contributed by atoms with Crippen LogP contribution in [0, 0.1) is 13.8 Å². The Kier molecular flexibility index (Phi) is 10.2. The van der Waals surface area contributed by atoms with Gasteiger partial charge in [-0.2, -0.15) is 0 Å². The molecule has 0 unspecified atom stereocenters. The molecule has 1 saturated heterocycles. The van der Waals surface area contributed by atoms with Crippen LogP contribution in [0.25, 0.3) is 0 Å². The molecule has 36 heavy (non-hydrogen) atoms. The number of carboxylic acid groups (broad SMARTS) is 1. The fourth-order valence-corrected chi connectivity index (χ4v) is 6.45. The Labute approximate surface area is 228 Å². The zero-order valence-electron chi connectivity index (χ0n) is 21.0. The number of rotatable bonds is 7. The van der Waals surface area contributed by atoms with Crippen molar-refractivity contribution in [1.29, 1.82) is 0 Å². The topological polar surface area (TPSA) is 83.0 Å². The quantitative estimate of drug-likeness (QED) is 0.532. The van der Waals surface area contributed by atoms with Crippen LogP contribution in [0.2, 0.25) is 5.02 Å². The van der Waals surface area contributed by atoms with Gasteiger partial charge < -0.3 is 14.7 Å². The van der Waals surface area contributed by atoms with Crippen LogP contribution in [0.15, 0.2) is 24.3 Å². The van der Waals surface area contributed by atoms with Crippen molar-refractivity contribution in [2.75, 3.05) is 26.7 Å². The molecule has 2 fully saturated rings. The predicted molar refractivity (Wildman–Crippen MR) is 144 cm³/mol. The van der Waals surface area contributed by atoms with Crippen LogP contribution in [0.4, 0.5) is 0 Å². The highest BCUT2D eigenvalue weighted by atomic mass is 35.5. The molecule has 1 aromatic heterocycles. The summed E-state index contributed by atoms with van der Waals surface area (Å²) in [5.74, 6) is -0.802. The minimum absolute atomic E-state index is 0. The number of carboxylic acids is 1. The maximum atomic E-state index is 12.9. The first kappa shape index (κ1) is 28.9. The van der Waals surface area contributed by atoms with Gasteiger partial charge in [-0.1, -0.05) is 23.7 Å². The molecule has 1 amide bonds. The van der Waals surface area contributed by atoms with Gasteiger partial charge >= 0.3 is 5.97 Å². The van der Waals surface area contributed by atoms with Gasteiger partial charge in [0.05, 0.1) is 17.3 Å². The van der Waals surface area contributed by atoms with Crippen molar-refractivity contribution >= 4 is 47.2 Å². The number of aliphatic carboxylic acids is 1. The normalized spacial score (nSPS) is 24.7. The molecule has 2 aliphatic rings. The Morgan fingerprint density at radius 1 is 1.19 bits per heavy atom. The summed E-state index contributed by atoms with van der Waals surface area (Å²) in [6.07, 6.45) is 4.42. The smallest absolute Gasteiger partial charge is 0.323 e. The second kappa shape index (κ2) is 12.7. The van der Waals surface area contributed by atoms with Gasteiger partial charge in [0.1, 0.15) is 12.6 Å². The summed E-state index contributed by atoms with van der Waals surface area (Å²) in [7, 11) is 1.52. The standard InChI is InChI=1S/C26H34ClN3O4S.ClH/c1-16-17(2)35-25(28-16)19-6-10-21(11-7-19)30-13-23(26(33)29(3)14-24(31)32)34-15-22(30)12-18-4-8-20(27)9-5-18;/h4-5,8-9,19,21-23H,6-7,10-15H2,1-3H3,(H,31,32);1H/t19?,21?,22-,23+;/m0./s1. The molecule has 0 bridgehead atoms. The number of carbonyl (C=O) groups is 2. The van der Waals surface area contributed by atoms with Gasteiger partial charge in [-0.05, 0) is 63.6 Å². The first-order valence-corrected chi connectivity index (χ1v) is 13.4. The lowest BCUT2D eigenvalue weighted by atomic mass is 9.84. The van der Waals surface area contributed by atoms with Gasteiger partial charge in [0.15, 0.2) is 0 Å². The molecule has 1 N–H and O–H groups in total. The minimum atomic E-state index is -1.03. The molecule has 2 atom stereocenters. The summed E-state index contributed by atoms with van der Waals surface area (Å²) in [6.45, 7) is 4.80. The monoisotopic (exact) mass is 555 g/mol. The van der Waals surface area contributed by atoms with Crippen LogP contribution in [0.1, 0.15) is 52.7 Å². The highest BCUT2D eigenvalue weighted by molar-refractivity contribution is 7.11. The van der Waals surface area contributed by atoms with E-state index in [4.69, 9.17) is 26.4 Å². The molecule has 7 nitrogen and oxygen atoms in total. The zero-order valence-corrected chi connectivity index (χ0v) is 23.4. The number of carbonyl (C=O) groups excluding carboxylic acids is 1. The van der Waals surface area contributed by atoms with Crippen LogP contribution in [-0.4, -0.2) is 76.7 Å². The van der Waals surface area contributed by atoms with Gasteiger partial charge in [0.25, 0.3) is 5.91 Å². The van der Waals surface area contributed by atoms with Crippen LogP contribution >= 0.6 is 35.3 Å². The summed E-state index contributed by atoms with van der Waals surface area (Å²) in [4.78, 5) is 33.8. The number of hydrogen-bond donors (Lipinski definition) is 1. The molecule has 2 heterocycles. The lowest BCUT2D eigenvalue weighted by molar-refractivity contribution is -0.158. The number of hydrogen-bond acceptors (Lipinski definition) is 6. The van der Waals surface area contributed by atoms with E-state index in [1.165, 1.54) is 27.4 Å². The second-order valence-electron chi connectivity index (χ2n) is 9.79. The third-order valence-corrected chi connectivity index (χ3v) is 8.79. The lowest BCUT2D eigenvalue weighted by Crippen LogP contribution is -2.59. The molecule has 4 rings (SSSR count). The predicted octanol–water partition coefficient (Wildman–Crippen LogP) is 4.72. The van der Waals surface area contributed by atoms with Crippen LogP contribution in [-0.2, 0) is 20.7 Å². The summed E-state index contributed by atoms with van der Waals surface area (Å²) >= 11 is 7.90. The van der Waals surface area contributed by atoms with Crippen molar-refractivity contribution in [3.8, 4) is 0 Å². The van der Waals surface area contributed by atoms with E-state index in [1.54, 1.807) is 0 Å². The van der Waals surface area contributed by atoms with Gasteiger partial charge in [0.2, 0.25) is 0 Å². The maximum Gasteiger partial charge on any atom is 0.323 e. The van der Waals surface area contributed by atoms with Crippen molar-refractivity contribution in [2.24, 2.45) is 0 Å². The van der Waals surface area contributed by atoms with Gasteiger partial charge in [-0.3, -0.25) is 14.5 Å². The van der Waals surface area contributed by atoms with Crippen LogP contribution in [0.3, 0.4) is 0 Å². The molecule has 1 aromatic carbocycles. The summed E-state index contributed by atoms with van der Waals surface area (Å²) < 4.78 is 6.02. The van der Waals surface area contributed by atoms with Gasteiger partial charge in [0, 0.05) is 41.5 Å². The highest BCUT2D eigenvalue weighted by Crippen LogP contribution is 2.38. The van der Waals surface area contributed by atoms with Crippen molar-refractivity contribution in [2.45, 2.75) is 70.1 Å². The molecule has 1 saturated carbocycles. The molecule has 0 radical (unpaired) electrons. The number of ether oxygens (including phenoxy) is 1. The SMILES string of the molecule is Cc1nc(C2CCC(N3C[C@H](C(=O)N(C)CC(=O)O)OC[C@@H]3Cc3ccc(Cl)cc3)CC2)sc1C.Cl. The maximum absolute atomic E-state index is 12.9. The molecule has 1 aliphatic carbocycles. The first-order valence-electron chi connectivity index (χ1n) is 12.2. The molecule has 198 valence electrons. The number of aryl methyl sites for hydroxylation is 2. The van der Waals surface area contributed by atoms with Crippen molar-refractivity contribution < 1.29 is 19.4 Å². The average Bonchev–Trinajstić information content (AvgIpc) is 3.18. The Morgan fingerprint density at radius 3 is 2.44 bits per heavy atom. The van der Waals surface area contributed by atoms with E-state index in [0.29, 0.717) is 30.1 Å². The van der Waals surface area contributed by atoms with E-state index in [9.17, 15) is 9.59 Å². The van der Waals surface area contributed by atoms with E-state index in [0.717, 1.165) is 37.8 Å². The van der Waals surface area contributed by atoms with Crippen LogP contribution < -0.4 is 0 Å². The summed E-state index contributed by atoms with van der Waals surface area (Å²) in [6, 6.07) is 8.40. The van der Waals surface area contributed by atoms with Gasteiger partial charge in [-0.15, -0.1) is 23.7 Å². The average molecular weight is 557 g/mol. The van der Waals surface area contributed by atoms with Crippen molar-refractivity contribution in [3.63, 3.8) is 0 Å². The Hall–Kier alpha value is -1.71. The molecular weight excluding hydrogens is 521 g/mol. The molecule has 0 spiro atoms. The molecular formula is C26H35Cl2N3O4S. The van der Waals surface area contributed by atoms with E-state index >= 15 is 0 Å². The molecule has 2 aromatic rings. The Balaban J connectivity index is 0.00000361. The fraction of sp³-hybridized carbons (Fsp3) is 0.577. The first-order chi connectivity index (χ1) is 16.7. The van der Waals surface area contributed by atoms with Crippen molar-refractivity contribution in [1.82, 2.24) is 14.8 Å². The van der Waals surface area contributed by atoms with E-state index in [2.05, 4.69) is 18.7 Å². The molecule has 10 heteroatoms. The number of thiazole rings is 1. The van der Waals surface area contributed by atoms with Gasteiger partial charge in [-0.25, -0.2) is 4.98 Å². The lowest BCUT2D eigenvalue weighted by Gasteiger charge is -2.46.